The fourth-order valence-electron chi connectivity index (χ4n) is 2.01. The fraction of sp³-hybridized carbons (Fsp3) is 1.00. The molecule has 0 unspecified atom stereocenters. The van der Waals surface area contributed by atoms with Gasteiger partial charge < -0.3 is 4.74 Å². The first-order chi connectivity index (χ1) is 7.52. The summed E-state index contributed by atoms with van der Waals surface area (Å²) < 4.78 is 33.2. The molecule has 0 amide bonds. The standard InChI is InChI=1S/C10H20N2O3S/c1-10(8-15-9-10)7-11-16(13,14)12-5-3-2-4-6-12/h11H,2-9H2,1H3. The van der Waals surface area contributed by atoms with E-state index in [9.17, 15) is 8.42 Å². The van der Waals surface area contributed by atoms with Crippen LogP contribution < -0.4 is 4.72 Å². The van der Waals surface area contributed by atoms with E-state index in [1.165, 1.54) is 0 Å². The van der Waals surface area contributed by atoms with Crippen molar-refractivity contribution in [2.75, 3.05) is 32.8 Å². The van der Waals surface area contributed by atoms with Crippen molar-refractivity contribution >= 4 is 10.2 Å². The van der Waals surface area contributed by atoms with Gasteiger partial charge in [-0.2, -0.15) is 12.7 Å². The Labute approximate surface area is 97.3 Å². The summed E-state index contributed by atoms with van der Waals surface area (Å²) in [4.78, 5) is 0. The maximum absolute atomic E-state index is 11.9. The SMILES string of the molecule is CC1(CNS(=O)(=O)N2CCCCC2)COC1. The van der Waals surface area contributed by atoms with Gasteiger partial charge in [-0.3, -0.25) is 0 Å². The van der Waals surface area contributed by atoms with Crippen LogP contribution in [0, 0.1) is 5.41 Å². The molecule has 0 aromatic rings. The van der Waals surface area contributed by atoms with Crippen LogP contribution in [0.2, 0.25) is 0 Å². The van der Waals surface area contributed by atoms with Crippen LogP contribution in [0.15, 0.2) is 0 Å². The molecule has 94 valence electrons. The Morgan fingerprint density at radius 1 is 1.25 bits per heavy atom. The second-order valence-corrected chi connectivity index (χ2v) is 6.84. The molecule has 2 heterocycles. The lowest BCUT2D eigenvalue weighted by Gasteiger charge is -2.38. The van der Waals surface area contributed by atoms with E-state index in [0.29, 0.717) is 32.8 Å². The van der Waals surface area contributed by atoms with Crippen molar-refractivity contribution in [1.29, 1.82) is 0 Å². The molecule has 0 aliphatic carbocycles. The summed E-state index contributed by atoms with van der Waals surface area (Å²) in [5.74, 6) is 0. The molecule has 0 aromatic carbocycles. The van der Waals surface area contributed by atoms with E-state index in [1.54, 1.807) is 4.31 Å². The van der Waals surface area contributed by atoms with Gasteiger partial charge in [0.15, 0.2) is 0 Å². The zero-order valence-corrected chi connectivity index (χ0v) is 10.6. The van der Waals surface area contributed by atoms with Crippen LogP contribution in [-0.2, 0) is 14.9 Å². The summed E-state index contributed by atoms with van der Waals surface area (Å²) >= 11 is 0. The first-order valence-electron chi connectivity index (χ1n) is 5.84. The van der Waals surface area contributed by atoms with Crippen LogP contribution >= 0.6 is 0 Å². The normalized spacial score (nSPS) is 26.3. The number of nitrogens with zero attached hydrogens (tertiary/aromatic N) is 1. The van der Waals surface area contributed by atoms with Crippen LogP contribution in [0.1, 0.15) is 26.2 Å². The van der Waals surface area contributed by atoms with Crippen molar-refractivity contribution in [2.24, 2.45) is 5.41 Å². The number of ether oxygens (including phenoxy) is 1. The highest BCUT2D eigenvalue weighted by atomic mass is 32.2. The molecule has 2 saturated heterocycles. The Morgan fingerprint density at radius 3 is 2.38 bits per heavy atom. The molecule has 0 spiro atoms. The Kier molecular flexibility index (Phi) is 3.53. The second-order valence-electron chi connectivity index (χ2n) is 5.09. The first kappa shape index (κ1) is 12.3. The summed E-state index contributed by atoms with van der Waals surface area (Å²) in [5.41, 5.74) is -0.0111. The van der Waals surface area contributed by atoms with Gasteiger partial charge >= 0.3 is 0 Å². The first-order valence-corrected chi connectivity index (χ1v) is 7.28. The highest BCUT2D eigenvalue weighted by Gasteiger charge is 2.35. The lowest BCUT2D eigenvalue weighted by Crippen LogP contribution is -2.52. The quantitative estimate of drug-likeness (QED) is 0.780. The number of piperidine rings is 1. The van der Waals surface area contributed by atoms with Crippen LogP contribution in [0.4, 0.5) is 0 Å². The molecule has 2 rings (SSSR count). The predicted molar refractivity (Wildman–Crippen MR) is 61.3 cm³/mol. The van der Waals surface area contributed by atoms with E-state index in [2.05, 4.69) is 4.72 Å². The molecule has 2 fully saturated rings. The average Bonchev–Trinajstić information content (AvgIpc) is 2.25. The maximum Gasteiger partial charge on any atom is 0.279 e. The zero-order valence-electron chi connectivity index (χ0n) is 9.74. The molecule has 16 heavy (non-hydrogen) atoms. The monoisotopic (exact) mass is 248 g/mol. The lowest BCUT2D eigenvalue weighted by molar-refractivity contribution is -0.0967. The Balaban J connectivity index is 1.86. The number of hydrogen-bond acceptors (Lipinski definition) is 3. The molecule has 2 aliphatic heterocycles. The Bertz CT molecular complexity index is 332. The number of rotatable bonds is 4. The van der Waals surface area contributed by atoms with Crippen LogP contribution in [0.3, 0.4) is 0 Å². The summed E-state index contributed by atoms with van der Waals surface area (Å²) in [6.45, 7) is 5.12. The highest BCUT2D eigenvalue weighted by Crippen LogP contribution is 2.25. The van der Waals surface area contributed by atoms with E-state index in [4.69, 9.17) is 4.74 Å². The number of nitrogens with one attached hydrogen (secondary N) is 1. The Morgan fingerprint density at radius 2 is 1.88 bits per heavy atom. The van der Waals surface area contributed by atoms with Crippen molar-refractivity contribution in [1.82, 2.24) is 9.03 Å². The predicted octanol–water partition coefficient (Wildman–Crippen LogP) is 0.343. The third-order valence-corrected chi connectivity index (χ3v) is 4.79. The van der Waals surface area contributed by atoms with Crippen LogP contribution in [0.25, 0.3) is 0 Å². The molecule has 0 atom stereocenters. The molecule has 0 saturated carbocycles. The maximum atomic E-state index is 11.9. The minimum Gasteiger partial charge on any atom is -0.380 e. The van der Waals surface area contributed by atoms with Gasteiger partial charge in [0.05, 0.1) is 13.2 Å². The van der Waals surface area contributed by atoms with Crippen LogP contribution in [0.5, 0.6) is 0 Å². The average molecular weight is 248 g/mol. The van der Waals surface area contributed by atoms with Gasteiger partial charge in [-0.25, -0.2) is 4.72 Å². The minimum absolute atomic E-state index is 0.0111. The zero-order chi connectivity index (χ0) is 11.6. The van der Waals surface area contributed by atoms with E-state index in [0.717, 1.165) is 19.3 Å². The largest absolute Gasteiger partial charge is 0.380 e. The molecule has 0 radical (unpaired) electrons. The molecule has 0 aromatic heterocycles. The van der Waals surface area contributed by atoms with Crippen molar-refractivity contribution in [3.05, 3.63) is 0 Å². The van der Waals surface area contributed by atoms with Gasteiger partial charge in [0.1, 0.15) is 0 Å². The molecule has 6 heteroatoms. The van der Waals surface area contributed by atoms with Crippen molar-refractivity contribution in [2.45, 2.75) is 26.2 Å². The van der Waals surface area contributed by atoms with E-state index < -0.39 is 10.2 Å². The molecule has 5 nitrogen and oxygen atoms in total. The highest BCUT2D eigenvalue weighted by molar-refractivity contribution is 7.87. The summed E-state index contributed by atoms with van der Waals surface area (Å²) in [5, 5.41) is 0. The second kappa shape index (κ2) is 4.60. The van der Waals surface area contributed by atoms with E-state index in [-0.39, 0.29) is 5.41 Å². The van der Waals surface area contributed by atoms with Crippen LogP contribution in [-0.4, -0.2) is 45.6 Å². The minimum atomic E-state index is -3.26. The van der Waals surface area contributed by atoms with E-state index >= 15 is 0 Å². The fourth-order valence-corrected chi connectivity index (χ4v) is 3.47. The Hall–Kier alpha value is -0.170. The molecular formula is C10H20N2O3S. The summed E-state index contributed by atoms with van der Waals surface area (Å²) in [6, 6.07) is 0. The molecule has 1 N–H and O–H groups in total. The van der Waals surface area contributed by atoms with Gasteiger partial charge in [0.25, 0.3) is 10.2 Å². The van der Waals surface area contributed by atoms with Crippen molar-refractivity contribution < 1.29 is 13.2 Å². The molecule has 0 bridgehead atoms. The van der Waals surface area contributed by atoms with Crippen molar-refractivity contribution in [3.63, 3.8) is 0 Å². The van der Waals surface area contributed by atoms with E-state index in [1.807, 2.05) is 6.92 Å². The van der Waals surface area contributed by atoms with Gasteiger partial charge in [-0.1, -0.05) is 13.3 Å². The summed E-state index contributed by atoms with van der Waals surface area (Å²) in [7, 11) is -3.26. The third-order valence-electron chi connectivity index (χ3n) is 3.24. The van der Waals surface area contributed by atoms with Gasteiger partial charge in [-0.05, 0) is 12.8 Å². The smallest absolute Gasteiger partial charge is 0.279 e. The lowest BCUT2D eigenvalue weighted by atomic mass is 9.89. The van der Waals surface area contributed by atoms with Gasteiger partial charge in [-0.15, -0.1) is 0 Å². The van der Waals surface area contributed by atoms with Gasteiger partial charge in [0, 0.05) is 25.0 Å². The third kappa shape index (κ3) is 2.74. The topological polar surface area (TPSA) is 58.6 Å². The molecular weight excluding hydrogens is 228 g/mol. The van der Waals surface area contributed by atoms with Gasteiger partial charge in [0.2, 0.25) is 0 Å². The van der Waals surface area contributed by atoms with Crippen molar-refractivity contribution in [3.8, 4) is 0 Å². The summed E-state index contributed by atoms with van der Waals surface area (Å²) in [6.07, 6.45) is 3.08. The molecule has 2 aliphatic rings. The number of hydrogen-bond donors (Lipinski definition) is 1.